The largest absolute Gasteiger partial charge is 0.345 e. The zero-order valence-electron chi connectivity index (χ0n) is 12.2. The lowest BCUT2D eigenvalue weighted by Crippen LogP contribution is -2.63. The molecule has 2 unspecified atom stereocenters. The van der Waals surface area contributed by atoms with E-state index >= 15 is 0 Å². The van der Waals surface area contributed by atoms with E-state index in [1.54, 1.807) is 0 Å². The van der Waals surface area contributed by atoms with Gasteiger partial charge in [0.25, 0.3) is 0 Å². The van der Waals surface area contributed by atoms with Crippen molar-refractivity contribution in [3.05, 3.63) is 0 Å². The molecule has 2 atom stereocenters. The van der Waals surface area contributed by atoms with Crippen LogP contribution in [0, 0.1) is 5.92 Å². The Morgan fingerprint density at radius 2 is 1.95 bits per heavy atom. The van der Waals surface area contributed by atoms with Crippen molar-refractivity contribution < 1.29 is 9.59 Å². The highest BCUT2D eigenvalue weighted by Crippen LogP contribution is 2.31. The molecular formula is C15H26N2O2. The molecule has 4 nitrogen and oxygen atoms in total. The fourth-order valence-corrected chi connectivity index (χ4v) is 3.61. The number of rotatable bonds is 4. The van der Waals surface area contributed by atoms with Gasteiger partial charge in [0.2, 0.25) is 11.8 Å². The smallest absolute Gasteiger partial charge is 0.243 e. The third-order valence-electron chi connectivity index (χ3n) is 4.55. The molecule has 0 aromatic rings. The van der Waals surface area contributed by atoms with Crippen LogP contribution in [0.5, 0.6) is 0 Å². The minimum absolute atomic E-state index is 0.0643. The predicted molar refractivity (Wildman–Crippen MR) is 74.6 cm³/mol. The number of carbonyl (C=O) groups excluding carboxylic acids is 2. The first kappa shape index (κ1) is 14.4. The zero-order chi connectivity index (χ0) is 13.8. The summed E-state index contributed by atoms with van der Waals surface area (Å²) in [7, 11) is 0. The topological polar surface area (TPSA) is 49.4 Å². The predicted octanol–water partition coefficient (Wildman–Crippen LogP) is 2.08. The summed E-state index contributed by atoms with van der Waals surface area (Å²) < 4.78 is 0. The van der Waals surface area contributed by atoms with Crippen LogP contribution in [0.2, 0.25) is 0 Å². The number of hydrogen-bond donors (Lipinski definition) is 1. The van der Waals surface area contributed by atoms with E-state index in [9.17, 15) is 9.59 Å². The first-order chi connectivity index (χ1) is 9.15. The highest BCUT2D eigenvalue weighted by atomic mass is 16.2. The van der Waals surface area contributed by atoms with Crippen LogP contribution in [0.4, 0.5) is 0 Å². The van der Waals surface area contributed by atoms with E-state index in [1.165, 1.54) is 19.3 Å². The van der Waals surface area contributed by atoms with E-state index < -0.39 is 0 Å². The maximum absolute atomic E-state index is 12.3. The van der Waals surface area contributed by atoms with Crippen molar-refractivity contribution in [3.8, 4) is 0 Å². The van der Waals surface area contributed by atoms with E-state index in [0.717, 1.165) is 25.7 Å². The van der Waals surface area contributed by atoms with Crippen LogP contribution in [-0.4, -0.2) is 35.3 Å². The zero-order valence-corrected chi connectivity index (χ0v) is 12.2. The second kappa shape index (κ2) is 6.40. The van der Waals surface area contributed by atoms with Crippen molar-refractivity contribution in [1.82, 2.24) is 10.2 Å². The Morgan fingerprint density at radius 3 is 2.58 bits per heavy atom. The molecular weight excluding hydrogens is 240 g/mol. The van der Waals surface area contributed by atoms with Crippen LogP contribution < -0.4 is 5.32 Å². The van der Waals surface area contributed by atoms with Crippen LogP contribution in [-0.2, 0) is 9.59 Å². The number of carbonyl (C=O) groups is 2. The van der Waals surface area contributed by atoms with Crippen molar-refractivity contribution >= 4 is 11.8 Å². The Labute approximate surface area is 115 Å². The molecule has 2 aliphatic rings. The van der Waals surface area contributed by atoms with E-state index in [2.05, 4.69) is 19.2 Å². The van der Waals surface area contributed by atoms with Crippen LogP contribution in [0.3, 0.4) is 0 Å². The van der Waals surface area contributed by atoms with Gasteiger partial charge in [-0.3, -0.25) is 9.59 Å². The van der Waals surface area contributed by atoms with Gasteiger partial charge in [-0.25, -0.2) is 0 Å². The molecule has 19 heavy (non-hydrogen) atoms. The van der Waals surface area contributed by atoms with Crippen LogP contribution >= 0.6 is 0 Å². The molecule has 1 saturated heterocycles. The van der Waals surface area contributed by atoms with Gasteiger partial charge in [0.15, 0.2) is 0 Å². The summed E-state index contributed by atoms with van der Waals surface area (Å²) in [5.41, 5.74) is 0. The second-order valence-corrected chi connectivity index (χ2v) is 6.00. The number of piperazine rings is 1. The number of hydrogen-bond acceptors (Lipinski definition) is 2. The van der Waals surface area contributed by atoms with Gasteiger partial charge in [-0.15, -0.1) is 0 Å². The summed E-state index contributed by atoms with van der Waals surface area (Å²) in [6, 6.07) is -0.0430. The van der Waals surface area contributed by atoms with Crippen molar-refractivity contribution in [2.45, 2.75) is 70.9 Å². The standard InChI is InChI=1S/C15H26N2O2/c1-3-7-11(2)17-13(18)10-16-15(19)14(17)12-8-5-4-6-9-12/h11-12,14H,3-10H2,1-2H3,(H,16,19). The molecule has 1 aliphatic carbocycles. The summed E-state index contributed by atoms with van der Waals surface area (Å²) in [6.07, 6.45) is 7.84. The van der Waals surface area contributed by atoms with Crippen LogP contribution in [0.15, 0.2) is 0 Å². The van der Waals surface area contributed by atoms with Gasteiger partial charge in [-0.1, -0.05) is 32.6 Å². The van der Waals surface area contributed by atoms with Crippen molar-refractivity contribution in [3.63, 3.8) is 0 Å². The lowest BCUT2D eigenvalue weighted by atomic mass is 9.81. The summed E-state index contributed by atoms with van der Waals surface area (Å²) >= 11 is 0. The molecule has 2 amide bonds. The van der Waals surface area contributed by atoms with Gasteiger partial charge in [-0.05, 0) is 32.1 Å². The lowest BCUT2D eigenvalue weighted by Gasteiger charge is -2.43. The first-order valence-electron chi connectivity index (χ1n) is 7.74. The van der Waals surface area contributed by atoms with Crippen molar-refractivity contribution in [2.75, 3.05) is 6.54 Å². The molecule has 108 valence electrons. The minimum atomic E-state index is -0.219. The Balaban J connectivity index is 2.17. The summed E-state index contributed by atoms with van der Waals surface area (Å²) in [4.78, 5) is 26.4. The Kier molecular flexibility index (Phi) is 4.83. The monoisotopic (exact) mass is 266 g/mol. The molecule has 0 bridgehead atoms. The number of amides is 2. The third-order valence-corrected chi connectivity index (χ3v) is 4.55. The highest BCUT2D eigenvalue weighted by Gasteiger charge is 2.41. The number of nitrogens with one attached hydrogen (secondary N) is 1. The quantitative estimate of drug-likeness (QED) is 0.847. The van der Waals surface area contributed by atoms with E-state index in [-0.39, 0.29) is 30.4 Å². The van der Waals surface area contributed by atoms with E-state index in [0.29, 0.717) is 5.92 Å². The van der Waals surface area contributed by atoms with Crippen molar-refractivity contribution in [1.29, 1.82) is 0 Å². The maximum Gasteiger partial charge on any atom is 0.243 e. The Hall–Kier alpha value is -1.06. The molecule has 0 aromatic carbocycles. The van der Waals surface area contributed by atoms with Gasteiger partial charge in [0.1, 0.15) is 6.04 Å². The maximum atomic E-state index is 12.3. The second-order valence-electron chi connectivity index (χ2n) is 6.00. The molecule has 0 radical (unpaired) electrons. The van der Waals surface area contributed by atoms with Gasteiger partial charge in [0, 0.05) is 6.04 Å². The van der Waals surface area contributed by atoms with Gasteiger partial charge < -0.3 is 10.2 Å². The Morgan fingerprint density at radius 1 is 1.26 bits per heavy atom. The molecule has 1 aliphatic heterocycles. The van der Waals surface area contributed by atoms with Gasteiger partial charge >= 0.3 is 0 Å². The minimum Gasteiger partial charge on any atom is -0.345 e. The average Bonchev–Trinajstić information content (AvgIpc) is 2.42. The number of nitrogens with zero attached hydrogens (tertiary/aromatic N) is 1. The van der Waals surface area contributed by atoms with E-state index in [1.807, 2.05) is 4.90 Å². The van der Waals surface area contributed by atoms with Crippen molar-refractivity contribution in [2.24, 2.45) is 5.92 Å². The molecule has 0 aromatic heterocycles. The average molecular weight is 266 g/mol. The molecule has 1 N–H and O–H groups in total. The molecule has 4 heteroatoms. The summed E-state index contributed by atoms with van der Waals surface area (Å²) in [6.45, 7) is 4.38. The SMILES string of the molecule is CCCC(C)N1C(=O)CNC(=O)C1C1CCCCC1. The molecule has 2 rings (SSSR count). The van der Waals surface area contributed by atoms with Gasteiger partial charge in [0.05, 0.1) is 6.54 Å². The molecule has 2 fully saturated rings. The molecule has 0 spiro atoms. The lowest BCUT2D eigenvalue weighted by molar-refractivity contribution is -0.151. The normalized spacial score (nSPS) is 27.3. The Bertz CT molecular complexity index is 337. The fraction of sp³-hybridized carbons (Fsp3) is 0.867. The first-order valence-corrected chi connectivity index (χ1v) is 7.74. The summed E-state index contributed by atoms with van der Waals surface area (Å²) in [5, 5.41) is 2.78. The van der Waals surface area contributed by atoms with Crippen LogP contribution in [0.1, 0.15) is 58.8 Å². The summed E-state index contributed by atoms with van der Waals surface area (Å²) in [5.74, 6) is 0.517. The van der Waals surface area contributed by atoms with Crippen LogP contribution in [0.25, 0.3) is 0 Å². The van der Waals surface area contributed by atoms with Gasteiger partial charge in [-0.2, -0.15) is 0 Å². The highest BCUT2D eigenvalue weighted by molar-refractivity contribution is 5.95. The fourth-order valence-electron chi connectivity index (χ4n) is 3.61. The molecule has 1 saturated carbocycles. The van der Waals surface area contributed by atoms with E-state index in [4.69, 9.17) is 0 Å². The third kappa shape index (κ3) is 3.10. The molecule has 1 heterocycles.